The molecule has 8 nitrogen and oxygen atoms in total. The van der Waals surface area contributed by atoms with Crippen LogP contribution in [0.3, 0.4) is 0 Å². The maximum Gasteiger partial charge on any atom is 0.333 e. The predicted octanol–water partition coefficient (Wildman–Crippen LogP) is 1.94. The highest BCUT2D eigenvalue weighted by Crippen LogP contribution is 2.48. The average Bonchev–Trinajstić information content (AvgIpc) is 2.70. The Hall–Kier alpha value is -2.35. The average molecular weight is 390 g/mol. The van der Waals surface area contributed by atoms with Crippen molar-refractivity contribution in [3.05, 3.63) is 24.3 Å². The zero-order valence-corrected chi connectivity index (χ0v) is 17.1. The second-order valence-electron chi connectivity index (χ2n) is 8.17. The summed E-state index contributed by atoms with van der Waals surface area (Å²) in [6, 6.07) is 0. The lowest BCUT2D eigenvalue weighted by atomic mass is 9.61. The van der Waals surface area contributed by atoms with E-state index in [1.165, 1.54) is 25.7 Å². The van der Waals surface area contributed by atoms with Gasteiger partial charge in [0.05, 0.1) is 19.9 Å². The van der Waals surface area contributed by atoms with Crippen molar-refractivity contribution in [1.82, 2.24) is 14.9 Å². The molecule has 1 unspecified atom stereocenters. The molecule has 2 rings (SSSR count). The van der Waals surface area contributed by atoms with E-state index in [1.54, 1.807) is 0 Å². The van der Waals surface area contributed by atoms with Gasteiger partial charge in [-0.25, -0.2) is 9.78 Å². The first-order valence-electron chi connectivity index (χ1n) is 9.63. The number of methoxy groups -OCH3 is 1. The molecule has 0 spiro atoms. The summed E-state index contributed by atoms with van der Waals surface area (Å²) in [5.74, 6) is -2.16. The number of carbonyl (C=O) groups is 3. The zero-order chi connectivity index (χ0) is 20.9. The quantitative estimate of drug-likeness (QED) is 0.764. The third kappa shape index (κ3) is 3.78. The van der Waals surface area contributed by atoms with Crippen molar-refractivity contribution in [2.24, 2.45) is 17.1 Å². The molecule has 0 bridgehead atoms. The normalized spacial score (nSPS) is 17.5. The fourth-order valence-corrected chi connectivity index (χ4v) is 4.46. The van der Waals surface area contributed by atoms with Gasteiger partial charge < -0.3 is 10.5 Å². The molecule has 1 aromatic rings. The summed E-state index contributed by atoms with van der Waals surface area (Å²) < 4.78 is 5.20. The molecule has 2 N–H and O–H groups in total. The minimum atomic E-state index is -1.49. The molecule has 1 fully saturated rings. The summed E-state index contributed by atoms with van der Waals surface area (Å²) in [4.78, 5) is 48.8. The minimum absolute atomic E-state index is 0.0161. The first-order valence-corrected chi connectivity index (χ1v) is 9.63. The Labute approximate surface area is 165 Å². The number of imide groups is 1. The molecule has 0 saturated heterocycles. The van der Waals surface area contributed by atoms with Crippen LogP contribution in [0.15, 0.2) is 18.6 Å². The zero-order valence-electron chi connectivity index (χ0n) is 17.1. The van der Waals surface area contributed by atoms with Crippen molar-refractivity contribution in [2.75, 3.05) is 13.7 Å². The second-order valence-corrected chi connectivity index (χ2v) is 8.17. The lowest BCUT2D eigenvalue weighted by Crippen LogP contribution is -2.70. The molecule has 154 valence electrons. The van der Waals surface area contributed by atoms with Crippen molar-refractivity contribution in [3.63, 3.8) is 0 Å². The van der Waals surface area contributed by atoms with Gasteiger partial charge >= 0.3 is 5.97 Å². The maximum atomic E-state index is 13.4. The van der Waals surface area contributed by atoms with Gasteiger partial charge in [0.15, 0.2) is 5.54 Å². The third-order valence-electron chi connectivity index (χ3n) is 5.60. The number of rotatable bonds is 5. The van der Waals surface area contributed by atoms with Crippen LogP contribution in [0.5, 0.6) is 0 Å². The van der Waals surface area contributed by atoms with Gasteiger partial charge in [-0.2, -0.15) is 0 Å². The number of aromatic nitrogens is 2. The fourth-order valence-electron chi connectivity index (χ4n) is 4.46. The molecule has 28 heavy (non-hydrogen) atoms. The minimum Gasteiger partial charge on any atom is -0.467 e. The van der Waals surface area contributed by atoms with E-state index >= 15 is 0 Å². The molecular weight excluding hydrogens is 360 g/mol. The van der Waals surface area contributed by atoms with Crippen molar-refractivity contribution in [3.8, 4) is 0 Å². The molecule has 0 aliphatic heterocycles. The van der Waals surface area contributed by atoms with E-state index in [2.05, 4.69) is 9.97 Å². The highest BCUT2D eigenvalue weighted by molar-refractivity contribution is 6.08. The number of nitrogens with two attached hydrogens (primary N) is 1. The van der Waals surface area contributed by atoms with Crippen LogP contribution in [-0.4, -0.2) is 51.8 Å². The van der Waals surface area contributed by atoms with E-state index in [0.717, 1.165) is 24.2 Å². The SMILES string of the molecule is COC(=O)C(C1CCCCC1)(N(C(=O)CN)C(=O)c1cnccn1)C(C)(C)C. The second kappa shape index (κ2) is 8.77. The topological polar surface area (TPSA) is 115 Å². The summed E-state index contributed by atoms with van der Waals surface area (Å²) in [5, 5.41) is 0. The molecule has 1 aromatic heterocycles. The smallest absolute Gasteiger partial charge is 0.333 e. The molecule has 0 radical (unpaired) electrons. The number of ether oxygens (including phenoxy) is 1. The lowest BCUT2D eigenvalue weighted by Gasteiger charge is -2.53. The molecular formula is C20H30N4O4. The summed E-state index contributed by atoms with van der Waals surface area (Å²) in [6.45, 7) is 5.13. The van der Waals surface area contributed by atoms with Gasteiger partial charge in [0, 0.05) is 12.4 Å². The summed E-state index contributed by atoms with van der Waals surface area (Å²) in [5.41, 5.74) is 3.37. The Morgan fingerprint density at radius 1 is 1.18 bits per heavy atom. The Morgan fingerprint density at radius 2 is 1.82 bits per heavy atom. The first-order chi connectivity index (χ1) is 13.2. The van der Waals surface area contributed by atoms with Gasteiger partial charge in [0.2, 0.25) is 5.91 Å². The Kier molecular flexibility index (Phi) is 6.87. The van der Waals surface area contributed by atoms with Gasteiger partial charge in [-0.1, -0.05) is 40.0 Å². The Morgan fingerprint density at radius 3 is 2.29 bits per heavy atom. The van der Waals surface area contributed by atoms with Crippen LogP contribution >= 0.6 is 0 Å². The standard InChI is InChI=1S/C20H30N4O4/c1-19(2,3)20(18(27)28-4,14-8-6-5-7-9-14)24(16(25)12-21)17(26)15-13-22-10-11-23-15/h10-11,13-14H,5-9,12,21H2,1-4H3. The molecule has 0 aromatic carbocycles. The lowest BCUT2D eigenvalue weighted by molar-refractivity contribution is -0.174. The van der Waals surface area contributed by atoms with Gasteiger partial charge in [-0.05, 0) is 24.2 Å². The van der Waals surface area contributed by atoms with Crippen LogP contribution in [-0.2, 0) is 14.3 Å². The number of hydrogen-bond acceptors (Lipinski definition) is 7. The monoisotopic (exact) mass is 390 g/mol. The van der Waals surface area contributed by atoms with Crippen LogP contribution in [0.1, 0.15) is 63.4 Å². The highest BCUT2D eigenvalue weighted by Gasteiger charge is 2.62. The van der Waals surface area contributed by atoms with Crippen LogP contribution in [0, 0.1) is 11.3 Å². The highest BCUT2D eigenvalue weighted by atomic mass is 16.5. The summed E-state index contributed by atoms with van der Waals surface area (Å²) in [6.07, 6.45) is 8.42. The molecule has 1 atom stereocenters. The molecule has 1 aliphatic rings. The third-order valence-corrected chi connectivity index (χ3v) is 5.60. The number of nitrogens with zero attached hydrogens (tertiary/aromatic N) is 3. The van der Waals surface area contributed by atoms with Crippen molar-refractivity contribution in [1.29, 1.82) is 0 Å². The van der Waals surface area contributed by atoms with Crippen molar-refractivity contribution >= 4 is 17.8 Å². The van der Waals surface area contributed by atoms with Crippen LogP contribution in [0.2, 0.25) is 0 Å². The van der Waals surface area contributed by atoms with Crippen LogP contribution in [0.4, 0.5) is 0 Å². The Balaban J connectivity index is 2.75. The fraction of sp³-hybridized carbons (Fsp3) is 0.650. The largest absolute Gasteiger partial charge is 0.467 e. The van der Waals surface area contributed by atoms with Crippen molar-refractivity contribution < 1.29 is 19.1 Å². The number of amides is 2. The molecule has 1 aliphatic carbocycles. The predicted molar refractivity (Wildman–Crippen MR) is 103 cm³/mol. The number of hydrogen-bond donors (Lipinski definition) is 1. The van der Waals surface area contributed by atoms with Crippen LogP contribution < -0.4 is 5.73 Å². The first kappa shape index (κ1) is 21.9. The van der Waals surface area contributed by atoms with E-state index in [1.807, 2.05) is 20.8 Å². The van der Waals surface area contributed by atoms with Crippen molar-refractivity contribution in [2.45, 2.75) is 58.4 Å². The van der Waals surface area contributed by atoms with E-state index in [0.29, 0.717) is 12.8 Å². The molecule has 1 heterocycles. The van der Waals surface area contributed by atoms with E-state index in [4.69, 9.17) is 10.5 Å². The van der Waals surface area contributed by atoms with E-state index in [9.17, 15) is 14.4 Å². The van der Waals surface area contributed by atoms with Gasteiger partial charge in [-0.15, -0.1) is 0 Å². The van der Waals surface area contributed by atoms with Gasteiger partial charge in [0.25, 0.3) is 5.91 Å². The molecule has 8 heteroatoms. The number of carbonyl (C=O) groups excluding carboxylic acids is 3. The number of esters is 1. The molecule has 2 amide bonds. The van der Waals surface area contributed by atoms with E-state index in [-0.39, 0.29) is 11.6 Å². The van der Waals surface area contributed by atoms with Gasteiger partial charge in [0.1, 0.15) is 5.69 Å². The molecule has 1 saturated carbocycles. The maximum absolute atomic E-state index is 13.4. The summed E-state index contributed by atoms with van der Waals surface area (Å²) >= 11 is 0. The summed E-state index contributed by atoms with van der Waals surface area (Å²) in [7, 11) is 1.28. The van der Waals surface area contributed by atoms with E-state index < -0.39 is 35.3 Å². The van der Waals surface area contributed by atoms with Gasteiger partial charge in [-0.3, -0.25) is 19.5 Å². The van der Waals surface area contributed by atoms with Crippen LogP contribution in [0.25, 0.3) is 0 Å². The Bertz CT molecular complexity index is 711.